The summed E-state index contributed by atoms with van der Waals surface area (Å²) in [6.45, 7) is 5.87. The maximum Gasteiger partial charge on any atom is 0.337 e. The number of nitrogens with zero attached hydrogens (tertiary/aromatic N) is 3. The van der Waals surface area contributed by atoms with Gasteiger partial charge in [-0.3, -0.25) is 9.78 Å². The van der Waals surface area contributed by atoms with Crippen molar-refractivity contribution in [1.29, 1.82) is 0 Å². The van der Waals surface area contributed by atoms with Crippen LogP contribution in [0.25, 0.3) is 0 Å². The van der Waals surface area contributed by atoms with E-state index >= 15 is 0 Å². The monoisotopic (exact) mass is 518 g/mol. The van der Waals surface area contributed by atoms with Crippen molar-refractivity contribution in [2.24, 2.45) is 5.92 Å². The van der Waals surface area contributed by atoms with E-state index in [-0.39, 0.29) is 23.9 Å². The van der Waals surface area contributed by atoms with E-state index in [2.05, 4.69) is 20.2 Å². The van der Waals surface area contributed by atoms with E-state index in [1.165, 1.54) is 7.11 Å². The van der Waals surface area contributed by atoms with Crippen molar-refractivity contribution in [3.05, 3.63) is 72.1 Å². The number of amides is 1. The summed E-state index contributed by atoms with van der Waals surface area (Å²) in [6.07, 6.45) is 5.64. The second kappa shape index (κ2) is 12.9. The van der Waals surface area contributed by atoms with Crippen molar-refractivity contribution in [2.75, 3.05) is 37.0 Å². The number of ether oxygens (including phenoxy) is 3. The predicted molar refractivity (Wildman–Crippen MR) is 145 cm³/mol. The van der Waals surface area contributed by atoms with Crippen LogP contribution in [0.15, 0.2) is 60.9 Å². The van der Waals surface area contributed by atoms with E-state index in [0.29, 0.717) is 36.8 Å². The summed E-state index contributed by atoms with van der Waals surface area (Å²) in [4.78, 5) is 35.6. The highest BCUT2D eigenvalue weighted by Gasteiger charge is 2.24. The lowest BCUT2D eigenvalue weighted by Crippen LogP contribution is -2.41. The van der Waals surface area contributed by atoms with Gasteiger partial charge in [0.15, 0.2) is 17.3 Å². The Hall–Kier alpha value is -4.14. The lowest BCUT2D eigenvalue weighted by molar-refractivity contribution is -0.119. The van der Waals surface area contributed by atoms with E-state index in [1.54, 1.807) is 24.5 Å². The van der Waals surface area contributed by atoms with Crippen molar-refractivity contribution < 1.29 is 23.8 Å². The average Bonchev–Trinajstić information content (AvgIpc) is 2.94. The van der Waals surface area contributed by atoms with E-state index < -0.39 is 0 Å². The van der Waals surface area contributed by atoms with Gasteiger partial charge in [-0.05, 0) is 56.0 Å². The van der Waals surface area contributed by atoms with Gasteiger partial charge in [-0.25, -0.2) is 9.78 Å². The standard InChI is InChI=1S/C29H34N4O5/c1-4-37-24-9-5-6-10-25(24)38-23-8-7-15-33(19-23)27-18-30-17-26(31-27)32-28(34)20(2)16-21-11-13-22(14-12-21)29(35)36-3/h5-6,9-14,17-18,20,23H,4,7-8,15-16,19H2,1-3H3,(H,31,32,34)/t20?,23-/m1/s1. The molecule has 1 N–H and O–H groups in total. The Morgan fingerprint density at radius 3 is 2.61 bits per heavy atom. The van der Waals surface area contributed by atoms with Gasteiger partial charge < -0.3 is 24.4 Å². The number of para-hydroxylation sites is 2. The average molecular weight is 519 g/mol. The van der Waals surface area contributed by atoms with Crippen molar-refractivity contribution in [3.8, 4) is 11.5 Å². The molecule has 9 nitrogen and oxygen atoms in total. The molecule has 2 atom stereocenters. The largest absolute Gasteiger partial charge is 0.490 e. The van der Waals surface area contributed by atoms with Crippen LogP contribution < -0.4 is 19.7 Å². The number of aromatic nitrogens is 2. The Morgan fingerprint density at radius 2 is 1.87 bits per heavy atom. The number of nitrogens with one attached hydrogen (secondary N) is 1. The van der Waals surface area contributed by atoms with Crippen LogP contribution in [-0.2, 0) is 16.0 Å². The molecule has 1 amide bonds. The number of benzene rings is 2. The maximum absolute atomic E-state index is 12.9. The molecule has 0 spiro atoms. The van der Waals surface area contributed by atoms with Gasteiger partial charge in [-0.1, -0.05) is 31.2 Å². The Bertz CT molecular complexity index is 1230. The highest BCUT2D eigenvalue weighted by molar-refractivity contribution is 5.92. The molecular weight excluding hydrogens is 484 g/mol. The molecule has 0 saturated carbocycles. The second-order valence-electron chi connectivity index (χ2n) is 9.25. The summed E-state index contributed by atoms with van der Waals surface area (Å²) in [5.74, 6) is 1.74. The first-order valence-corrected chi connectivity index (χ1v) is 12.9. The molecule has 0 radical (unpaired) electrons. The van der Waals surface area contributed by atoms with Crippen molar-refractivity contribution in [3.63, 3.8) is 0 Å². The molecule has 1 aliphatic heterocycles. The number of piperidine rings is 1. The predicted octanol–water partition coefficient (Wildman–Crippen LogP) is 4.53. The van der Waals surface area contributed by atoms with Gasteiger partial charge in [-0.15, -0.1) is 0 Å². The van der Waals surface area contributed by atoms with Gasteiger partial charge in [0, 0.05) is 12.5 Å². The zero-order valence-corrected chi connectivity index (χ0v) is 22.1. The molecule has 1 aromatic heterocycles. The zero-order valence-electron chi connectivity index (χ0n) is 22.1. The number of carbonyl (C=O) groups excluding carboxylic acids is 2. The first-order chi connectivity index (χ1) is 18.5. The highest BCUT2D eigenvalue weighted by Crippen LogP contribution is 2.30. The SMILES string of the molecule is CCOc1ccccc1O[C@@H]1CCCN(c2cncc(NC(=O)C(C)Cc3ccc(C(=O)OC)cc3)n2)C1. The van der Waals surface area contributed by atoms with Crippen LogP contribution in [0.1, 0.15) is 42.6 Å². The Balaban J connectivity index is 1.35. The highest BCUT2D eigenvalue weighted by atomic mass is 16.5. The zero-order chi connectivity index (χ0) is 26.9. The van der Waals surface area contributed by atoms with Gasteiger partial charge >= 0.3 is 5.97 Å². The fourth-order valence-electron chi connectivity index (χ4n) is 4.40. The summed E-state index contributed by atoms with van der Waals surface area (Å²) >= 11 is 0. The fourth-order valence-corrected chi connectivity index (χ4v) is 4.40. The quantitative estimate of drug-likeness (QED) is 0.391. The fraction of sp³-hybridized carbons (Fsp3) is 0.379. The van der Waals surface area contributed by atoms with Crippen LogP contribution in [0.4, 0.5) is 11.6 Å². The molecule has 3 aromatic rings. The lowest BCUT2D eigenvalue weighted by atomic mass is 9.99. The minimum Gasteiger partial charge on any atom is -0.490 e. The number of hydrogen-bond acceptors (Lipinski definition) is 8. The van der Waals surface area contributed by atoms with Gasteiger partial charge in [-0.2, -0.15) is 0 Å². The molecule has 9 heteroatoms. The summed E-state index contributed by atoms with van der Waals surface area (Å²) < 4.78 is 16.7. The Labute approximate surface area is 223 Å². The molecule has 1 fully saturated rings. The maximum atomic E-state index is 12.9. The molecule has 4 rings (SSSR count). The molecule has 0 aliphatic carbocycles. The summed E-state index contributed by atoms with van der Waals surface area (Å²) in [5, 5.41) is 2.89. The number of methoxy groups -OCH3 is 1. The molecule has 0 bridgehead atoms. The first kappa shape index (κ1) is 26.9. The van der Waals surface area contributed by atoms with Crippen molar-refractivity contribution >= 4 is 23.5 Å². The molecule has 1 saturated heterocycles. The van der Waals surface area contributed by atoms with Crippen molar-refractivity contribution in [2.45, 2.75) is 39.2 Å². The van der Waals surface area contributed by atoms with Crippen LogP contribution in [0, 0.1) is 5.92 Å². The van der Waals surface area contributed by atoms with Crippen LogP contribution in [0.2, 0.25) is 0 Å². The van der Waals surface area contributed by atoms with Crippen molar-refractivity contribution in [1.82, 2.24) is 9.97 Å². The normalized spacial score (nSPS) is 15.9. The summed E-state index contributed by atoms with van der Waals surface area (Å²) in [5.41, 5.74) is 1.43. The van der Waals surface area contributed by atoms with E-state index in [4.69, 9.17) is 14.2 Å². The molecule has 200 valence electrons. The van der Waals surface area contributed by atoms with Crippen LogP contribution >= 0.6 is 0 Å². The lowest BCUT2D eigenvalue weighted by Gasteiger charge is -2.33. The third-order valence-electron chi connectivity index (χ3n) is 6.38. The molecule has 2 heterocycles. The number of esters is 1. The first-order valence-electron chi connectivity index (χ1n) is 12.9. The second-order valence-corrected chi connectivity index (χ2v) is 9.25. The molecule has 38 heavy (non-hydrogen) atoms. The summed E-state index contributed by atoms with van der Waals surface area (Å²) in [6, 6.07) is 14.8. The van der Waals surface area contributed by atoms with E-state index in [0.717, 1.165) is 36.4 Å². The van der Waals surface area contributed by atoms with Gasteiger partial charge in [0.1, 0.15) is 11.9 Å². The number of carbonyl (C=O) groups is 2. The van der Waals surface area contributed by atoms with Crippen LogP contribution in [-0.4, -0.2) is 54.8 Å². The molecule has 1 unspecified atom stereocenters. The van der Waals surface area contributed by atoms with Gasteiger partial charge in [0.2, 0.25) is 5.91 Å². The minimum atomic E-state index is -0.386. The van der Waals surface area contributed by atoms with E-state index in [9.17, 15) is 9.59 Å². The smallest absolute Gasteiger partial charge is 0.337 e. The third kappa shape index (κ3) is 7.00. The molecule has 1 aliphatic rings. The summed E-state index contributed by atoms with van der Waals surface area (Å²) in [7, 11) is 1.35. The van der Waals surface area contributed by atoms with E-state index in [1.807, 2.05) is 50.2 Å². The van der Waals surface area contributed by atoms with Crippen LogP contribution in [0.5, 0.6) is 11.5 Å². The topological polar surface area (TPSA) is 103 Å². The minimum absolute atomic E-state index is 0.0176. The van der Waals surface area contributed by atoms with Gasteiger partial charge in [0.25, 0.3) is 0 Å². The number of anilines is 2. The molecular formula is C29H34N4O5. The van der Waals surface area contributed by atoms with Crippen LogP contribution in [0.3, 0.4) is 0 Å². The van der Waals surface area contributed by atoms with Gasteiger partial charge in [0.05, 0.1) is 38.2 Å². The Morgan fingerprint density at radius 1 is 1.11 bits per heavy atom. The third-order valence-corrected chi connectivity index (χ3v) is 6.38. The Kier molecular flexibility index (Phi) is 9.13. The number of hydrogen-bond donors (Lipinski definition) is 1. The number of rotatable bonds is 10. The molecule has 2 aromatic carbocycles.